The van der Waals surface area contributed by atoms with Crippen LogP contribution < -0.4 is 5.32 Å². The van der Waals surface area contributed by atoms with Crippen LogP contribution in [0.15, 0.2) is 0 Å². The van der Waals surface area contributed by atoms with Crippen molar-refractivity contribution < 1.29 is 0 Å². The quantitative estimate of drug-likeness (QED) is 0.788. The van der Waals surface area contributed by atoms with Crippen LogP contribution in [0.3, 0.4) is 0 Å². The Morgan fingerprint density at radius 1 is 1.41 bits per heavy atom. The molecule has 102 valence electrons. The molecule has 1 unspecified atom stereocenters. The molecule has 1 aliphatic rings. The van der Waals surface area contributed by atoms with Crippen LogP contribution in [0.25, 0.3) is 0 Å². The molecule has 1 aliphatic heterocycles. The van der Waals surface area contributed by atoms with E-state index in [-0.39, 0.29) is 0 Å². The molecule has 3 heteroatoms. The molecular weight excluding hydrogens is 228 g/mol. The maximum atomic E-state index is 3.60. The van der Waals surface area contributed by atoms with Gasteiger partial charge in [-0.25, -0.2) is 0 Å². The molecule has 1 saturated heterocycles. The zero-order chi connectivity index (χ0) is 12.9. The van der Waals surface area contributed by atoms with Gasteiger partial charge in [-0.2, -0.15) is 11.8 Å². The van der Waals surface area contributed by atoms with Gasteiger partial charge in [0.05, 0.1) is 0 Å². The van der Waals surface area contributed by atoms with E-state index < -0.39 is 0 Å². The van der Waals surface area contributed by atoms with Gasteiger partial charge in [0, 0.05) is 37.2 Å². The van der Waals surface area contributed by atoms with Crippen LogP contribution in [0.1, 0.15) is 34.6 Å². The predicted octanol–water partition coefficient (Wildman–Crippen LogP) is 2.70. The number of nitrogens with zero attached hydrogens (tertiary/aromatic N) is 1. The van der Waals surface area contributed by atoms with Gasteiger partial charge in [0.1, 0.15) is 0 Å². The van der Waals surface area contributed by atoms with Crippen molar-refractivity contribution in [2.45, 2.75) is 40.7 Å². The molecule has 0 amide bonds. The summed E-state index contributed by atoms with van der Waals surface area (Å²) in [6.07, 6.45) is 0. The topological polar surface area (TPSA) is 15.3 Å². The SMILES string of the molecule is CC(C)CNCC(C)(C)CN1CCSCC1C. The van der Waals surface area contributed by atoms with Gasteiger partial charge in [0.2, 0.25) is 0 Å². The lowest BCUT2D eigenvalue weighted by atomic mass is 9.92. The molecule has 1 heterocycles. The fraction of sp³-hybridized carbons (Fsp3) is 1.00. The van der Waals surface area contributed by atoms with Gasteiger partial charge in [-0.3, -0.25) is 4.90 Å². The Bertz CT molecular complexity index is 216. The molecule has 0 aromatic carbocycles. The Balaban J connectivity index is 2.31. The lowest BCUT2D eigenvalue weighted by molar-refractivity contribution is 0.148. The number of thioether (sulfide) groups is 1. The lowest BCUT2D eigenvalue weighted by Crippen LogP contribution is -2.48. The minimum atomic E-state index is 0.380. The summed E-state index contributed by atoms with van der Waals surface area (Å²) in [5.74, 6) is 3.35. The second-order valence-electron chi connectivity index (χ2n) is 6.58. The zero-order valence-corrected chi connectivity index (χ0v) is 13.1. The minimum absolute atomic E-state index is 0.380. The Morgan fingerprint density at radius 3 is 2.71 bits per heavy atom. The van der Waals surface area contributed by atoms with E-state index in [1.165, 1.54) is 24.6 Å². The third-order valence-electron chi connectivity index (χ3n) is 3.29. The van der Waals surface area contributed by atoms with Crippen molar-refractivity contribution >= 4 is 11.8 Å². The highest BCUT2D eigenvalue weighted by molar-refractivity contribution is 7.99. The van der Waals surface area contributed by atoms with Crippen LogP contribution in [-0.4, -0.2) is 48.6 Å². The van der Waals surface area contributed by atoms with Gasteiger partial charge < -0.3 is 5.32 Å². The molecule has 0 radical (unpaired) electrons. The molecule has 1 N–H and O–H groups in total. The van der Waals surface area contributed by atoms with Gasteiger partial charge in [0.15, 0.2) is 0 Å². The van der Waals surface area contributed by atoms with E-state index in [0.29, 0.717) is 5.41 Å². The molecule has 2 nitrogen and oxygen atoms in total. The summed E-state index contributed by atoms with van der Waals surface area (Å²) in [5.41, 5.74) is 0.380. The summed E-state index contributed by atoms with van der Waals surface area (Å²) in [7, 11) is 0. The summed E-state index contributed by atoms with van der Waals surface area (Å²) in [5, 5.41) is 3.60. The average Bonchev–Trinajstić information content (AvgIpc) is 2.20. The van der Waals surface area contributed by atoms with E-state index in [2.05, 4.69) is 56.6 Å². The summed E-state index contributed by atoms with van der Waals surface area (Å²) in [4.78, 5) is 2.66. The van der Waals surface area contributed by atoms with Gasteiger partial charge in [-0.15, -0.1) is 0 Å². The molecule has 1 rings (SSSR count). The zero-order valence-electron chi connectivity index (χ0n) is 12.3. The normalized spacial score (nSPS) is 23.3. The predicted molar refractivity (Wildman–Crippen MR) is 79.8 cm³/mol. The first-order valence-corrected chi connectivity index (χ1v) is 8.09. The third-order valence-corrected chi connectivity index (χ3v) is 4.48. The smallest absolute Gasteiger partial charge is 0.0158 e. The van der Waals surface area contributed by atoms with E-state index in [4.69, 9.17) is 0 Å². The highest BCUT2D eigenvalue weighted by Gasteiger charge is 2.26. The summed E-state index contributed by atoms with van der Waals surface area (Å²) >= 11 is 2.10. The van der Waals surface area contributed by atoms with Crippen molar-refractivity contribution in [3.8, 4) is 0 Å². The van der Waals surface area contributed by atoms with Crippen LogP contribution in [0.5, 0.6) is 0 Å². The van der Waals surface area contributed by atoms with Crippen LogP contribution in [0.4, 0.5) is 0 Å². The molecule has 1 fully saturated rings. The number of hydrogen-bond acceptors (Lipinski definition) is 3. The van der Waals surface area contributed by atoms with Gasteiger partial charge in [-0.1, -0.05) is 27.7 Å². The third kappa shape index (κ3) is 6.12. The highest BCUT2D eigenvalue weighted by Crippen LogP contribution is 2.22. The van der Waals surface area contributed by atoms with Crippen molar-refractivity contribution in [1.82, 2.24) is 10.2 Å². The van der Waals surface area contributed by atoms with Crippen LogP contribution in [0, 0.1) is 11.3 Å². The molecule has 0 aliphatic carbocycles. The Morgan fingerprint density at radius 2 is 2.12 bits per heavy atom. The first kappa shape index (κ1) is 15.3. The largest absolute Gasteiger partial charge is 0.316 e. The van der Waals surface area contributed by atoms with E-state index in [9.17, 15) is 0 Å². The van der Waals surface area contributed by atoms with Crippen molar-refractivity contribution in [3.63, 3.8) is 0 Å². The Kier molecular flexibility index (Phi) is 6.32. The summed E-state index contributed by atoms with van der Waals surface area (Å²) in [6, 6.07) is 0.748. The van der Waals surface area contributed by atoms with Crippen LogP contribution >= 0.6 is 11.8 Å². The van der Waals surface area contributed by atoms with Crippen molar-refractivity contribution in [3.05, 3.63) is 0 Å². The van der Waals surface area contributed by atoms with Crippen molar-refractivity contribution in [1.29, 1.82) is 0 Å². The van der Waals surface area contributed by atoms with E-state index >= 15 is 0 Å². The van der Waals surface area contributed by atoms with Crippen LogP contribution in [0.2, 0.25) is 0 Å². The van der Waals surface area contributed by atoms with Crippen molar-refractivity contribution in [2.75, 3.05) is 37.7 Å². The molecule has 0 bridgehead atoms. The summed E-state index contributed by atoms with van der Waals surface area (Å²) in [6.45, 7) is 16.4. The van der Waals surface area contributed by atoms with Gasteiger partial charge in [-0.05, 0) is 24.8 Å². The maximum Gasteiger partial charge on any atom is 0.0158 e. The Labute approximate surface area is 112 Å². The Hall–Kier alpha value is 0.270. The fourth-order valence-corrected chi connectivity index (χ4v) is 3.38. The second-order valence-corrected chi connectivity index (χ2v) is 7.73. The highest BCUT2D eigenvalue weighted by atomic mass is 32.2. The van der Waals surface area contributed by atoms with E-state index in [1.54, 1.807) is 0 Å². The molecule has 0 aromatic rings. The second kappa shape index (κ2) is 7.01. The molecule has 0 saturated carbocycles. The molecule has 0 aromatic heterocycles. The summed E-state index contributed by atoms with van der Waals surface area (Å²) < 4.78 is 0. The molecular formula is C14H30N2S. The van der Waals surface area contributed by atoms with Crippen LogP contribution in [-0.2, 0) is 0 Å². The van der Waals surface area contributed by atoms with E-state index in [0.717, 1.165) is 25.0 Å². The van der Waals surface area contributed by atoms with E-state index in [1.807, 2.05) is 0 Å². The average molecular weight is 258 g/mol. The van der Waals surface area contributed by atoms with Crippen molar-refractivity contribution in [2.24, 2.45) is 11.3 Å². The fourth-order valence-electron chi connectivity index (χ4n) is 2.30. The maximum absolute atomic E-state index is 3.60. The molecule has 0 spiro atoms. The first-order valence-electron chi connectivity index (χ1n) is 6.93. The monoisotopic (exact) mass is 258 g/mol. The van der Waals surface area contributed by atoms with Gasteiger partial charge in [0.25, 0.3) is 0 Å². The molecule has 1 atom stereocenters. The minimum Gasteiger partial charge on any atom is -0.316 e. The standard InChI is InChI=1S/C14H30N2S/c1-12(2)8-15-10-14(4,5)11-16-6-7-17-9-13(16)3/h12-13,15H,6-11H2,1-5H3. The lowest BCUT2D eigenvalue weighted by Gasteiger charge is -2.39. The molecule has 17 heavy (non-hydrogen) atoms. The number of hydrogen-bond donors (Lipinski definition) is 1. The van der Waals surface area contributed by atoms with Gasteiger partial charge >= 0.3 is 0 Å². The first-order chi connectivity index (χ1) is 7.91. The number of nitrogens with one attached hydrogen (secondary N) is 1. The number of rotatable bonds is 6.